The quantitative estimate of drug-likeness (QED) is 0.793. The molecule has 1 aromatic carbocycles. The summed E-state index contributed by atoms with van der Waals surface area (Å²) in [6.07, 6.45) is 1.42. The number of hydrogen-bond acceptors (Lipinski definition) is 3. The monoisotopic (exact) mass is 193 g/mol. The highest BCUT2D eigenvalue weighted by molar-refractivity contribution is 5.60. The second-order valence-corrected chi connectivity index (χ2v) is 2.85. The number of aromatic nitrogens is 1. The van der Waals surface area contributed by atoms with Crippen LogP contribution in [0.15, 0.2) is 35.0 Å². The summed E-state index contributed by atoms with van der Waals surface area (Å²) in [6.45, 7) is -0.171. The summed E-state index contributed by atoms with van der Waals surface area (Å²) in [5.41, 5.74) is 1.13. The molecule has 14 heavy (non-hydrogen) atoms. The van der Waals surface area contributed by atoms with Gasteiger partial charge in [-0.15, -0.1) is 0 Å². The number of aliphatic hydroxyl groups excluding tert-OH is 1. The van der Waals surface area contributed by atoms with Crippen molar-refractivity contribution in [2.45, 2.75) is 6.61 Å². The van der Waals surface area contributed by atoms with Gasteiger partial charge in [-0.2, -0.15) is 0 Å². The third kappa shape index (κ3) is 1.52. The van der Waals surface area contributed by atoms with Crippen molar-refractivity contribution >= 4 is 0 Å². The van der Waals surface area contributed by atoms with Gasteiger partial charge in [0.05, 0.1) is 12.8 Å². The van der Waals surface area contributed by atoms with Gasteiger partial charge in [0.2, 0.25) is 0 Å². The Bertz CT molecular complexity index is 439. The van der Waals surface area contributed by atoms with E-state index in [1.807, 2.05) is 0 Å². The van der Waals surface area contributed by atoms with Crippen LogP contribution in [0.2, 0.25) is 0 Å². The third-order valence-electron chi connectivity index (χ3n) is 1.90. The van der Waals surface area contributed by atoms with Crippen LogP contribution >= 0.6 is 0 Å². The lowest BCUT2D eigenvalue weighted by atomic mass is 10.1. The molecule has 0 spiro atoms. The van der Waals surface area contributed by atoms with E-state index in [0.29, 0.717) is 16.9 Å². The minimum atomic E-state index is -0.345. The maximum atomic E-state index is 12.9. The highest BCUT2D eigenvalue weighted by atomic mass is 19.1. The molecule has 0 aliphatic carbocycles. The molecule has 0 saturated heterocycles. The zero-order valence-corrected chi connectivity index (χ0v) is 7.27. The minimum Gasteiger partial charge on any atom is -0.391 e. The molecule has 1 heterocycles. The van der Waals surface area contributed by atoms with Crippen molar-refractivity contribution < 1.29 is 14.0 Å². The molecule has 0 radical (unpaired) electrons. The Hall–Kier alpha value is -1.68. The molecule has 1 N–H and O–H groups in total. The first-order chi connectivity index (χ1) is 6.81. The van der Waals surface area contributed by atoms with Crippen molar-refractivity contribution in [2.75, 3.05) is 0 Å². The number of hydrogen-bond donors (Lipinski definition) is 1. The first-order valence-corrected chi connectivity index (χ1v) is 4.11. The van der Waals surface area contributed by atoms with Crippen LogP contribution in [0.1, 0.15) is 5.56 Å². The van der Waals surface area contributed by atoms with E-state index in [2.05, 4.69) is 5.16 Å². The number of aliphatic hydroxyl groups is 1. The van der Waals surface area contributed by atoms with Gasteiger partial charge in [-0.1, -0.05) is 17.3 Å². The molecular formula is C10H8FNO2. The van der Waals surface area contributed by atoms with Crippen molar-refractivity contribution in [1.82, 2.24) is 5.16 Å². The van der Waals surface area contributed by atoms with E-state index in [-0.39, 0.29) is 12.4 Å². The Balaban J connectivity index is 2.49. The normalized spacial score (nSPS) is 10.4. The van der Waals surface area contributed by atoms with E-state index >= 15 is 0 Å². The van der Waals surface area contributed by atoms with Crippen molar-refractivity contribution in [2.24, 2.45) is 0 Å². The molecule has 0 atom stereocenters. The van der Waals surface area contributed by atoms with Crippen LogP contribution < -0.4 is 0 Å². The Kier molecular flexibility index (Phi) is 2.28. The van der Waals surface area contributed by atoms with Gasteiger partial charge < -0.3 is 9.63 Å². The van der Waals surface area contributed by atoms with E-state index in [1.54, 1.807) is 12.1 Å². The summed E-state index contributed by atoms with van der Waals surface area (Å²) in [5.74, 6) is 0.0646. The average molecular weight is 193 g/mol. The lowest BCUT2D eigenvalue weighted by Crippen LogP contribution is -1.84. The van der Waals surface area contributed by atoms with Gasteiger partial charge in [-0.05, 0) is 12.1 Å². The molecule has 0 aliphatic heterocycles. The van der Waals surface area contributed by atoms with Gasteiger partial charge in [0, 0.05) is 11.1 Å². The SMILES string of the molecule is OCc1cnoc1-c1cccc(F)c1. The highest BCUT2D eigenvalue weighted by Gasteiger charge is 2.09. The summed E-state index contributed by atoms with van der Waals surface area (Å²) < 4.78 is 17.8. The van der Waals surface area contributed by atoms with Crippen LogP contribution in [0, 0.1) is 5.82 Å². The number of rotatable bonds is 2. The van der Waals surface area contributed by atoms with Gasteiger partial charge in [-0.3, -0.25) is 0 Å². The van der Waals surface area contributed by atoms with Gasteiger partial charge in [0.15, 0.2) is 5.76 Å². The molecule has 1 aromatic heterocycles. The Morgan fingerprint density at radius 3 is 3.00 bits per heavy atom. The summed E-state index contributed by atoms with van der Waals surface area (Å²) >= 11 is 0. The molecule has 0 saturated carbocycles. The Morgan fingerprint density at radius 2 is 2.29 bits per heavy atom. The van der Waals surface area contributed by atoms with Crippen LogP contribution in [0.4, 0.5) is 4.39 Å². The van der Waals surface area contributed by atoms with E-state index in [9.17, 15) is 4.39 Å². The fourth-order valence-corrected chi connectivity index (χ4v) is 1.24. The van der Waals surface area contributed by atoms with Gasteiger partial charge in [0.1, 0.15) is 5.82 Å². The molecule has 72 valence electrons. The largest absolute Gasteiger partial charge is 0.391 e. The molecule has 2 aromatic rings. The minimum absolute atomic E-state index is 0.171. The molecule has 0 unspecified atom stereocenters. The maximum absolute atomic E-state index is 12.9. The van der Waals surface area contributed by atoms with Crippen LogP contribution in [0.25, 0.3) is 11.3 Å². The van der Waals surface area contributed by atoms with Gasteiger partial charge in [-0.25, -0.2) is 4.39 Å². The molecule has 0 aliphatic rings. The predicted molar refractivity (Wildman–Crippen MR) is 47.8 cm³/mol. The zero-order chi connectivity index (χ0) is 9.97. The topological polar surface area (TPSA) is 46.3 Å². The smallest absolute Gasteiger partial charge is 0.172 e. The van der Waals surface area contributed by atoms with Crippen molar-refractivity contribution in [1.29, 1.82) is 0 Å². The molecular weight excluding hydrogens is 185 g/mol. The summed E-state index contributed by atoms with van der Waals surface area (Å²) in [5, 5.41) is 12.5. The van der Waals surface area contributed by atoms with Gasteiger partial charge >= 0.3 is 0 Å². The molecule has 0 amide bonds. The average Bonchev–Trinajstić information content (AvgIpc) is 2.65. The standard InChI is InChI=1S/C10H8FNO2/c11-9-3-1-2-7(4-9)10-8(6-13)5-12-14-10/h1-5,13H,6H2. The van der Waals surface area contributed by atoms with Crippen molar-refractivity contribution in [3.8, 4) is 11.3 Å². The zero-order valence-electron chi connectivity index (χ0n) is 7.27. The molecule has 0 bridgehead atoms. The lowest BCUT2D eigenvalue weighted by molar-refractivity contribution is 0.281. The summed E-state index contributed by atoms with van der Waals surface area (Å²) in [4.78, 5) is 0. The Morgan fingerprint density at radius 1 is 1.43 bits per heavy atom. The van der Waals surface area contributed by atoms with Crippen LogP contribution in [-0.2, 0) is 6.61 Å². The number of benzene rings is 1. The second-order valence-electron chi connectivity index (χ2n) is 2.85. The van der Waals surface area contributed by atoms with Gasteiger partial charge in [0.25, 0.3) is 0 Å². The third-order valence-corrected chi connectivity index (χ3v) is 1.90. The number of halogens is 1. The molecule has 4 heteroatoms. The first-order valence-electron chi connectivity index (χ1n) is 4.11. The maximum Gasteiger partial charge on any atom is 0.172 e. The molecule has 3 nitrogen and oxygen atoms in total. The van der Waals surface area contributed by atoms with Crippen LogP contribution in [0.5, 0.6) is 0 Å². The van der Waals surface area contributed by atoms with E-state index < -0.39 is 0 Å². The first kappa shape index (κ1) is 8.90. The predicted octanol–water partition coefficient (Wildman–Crippen LogP) is 1.97. The second kappa shape index (κ2) is 3.59. The summed E-state index contributed by atoms with van der Waals surface area (Å²) in [6, 6.07) is 5.95. The Labute approximate surface area is 79.8 Å². The fourth-order valence-electron chi connectivity index (χ4n) is 1.24. The van der Waals surface area contributed by atoms with Crippen molar-refractivity contribution in [3.63, 3.8) is 0 Å². The van der Waals surface area contributed by atoms with Crippen LogP contribution in [0.3, 0.4) is 0 Å². The fraction of sp³-hybridized carbons (Fsp3) is 0.100. The molecule has 0 fully saturated rings. The van der Waals surface area contributed by atoms with Crippen LogP contribution in [-0.4, -0.2) is 10.3 Å². The molecule has 2 rings (SSSR count). The lowest BCUT2D eigenvalue weighted by Gasteiger charge is -1.97. The summed E-state index contributed by atoms with van der Waals surface area (Å²) in [7, 11) is 0. The number of nitrogens with zero attached hydrogens (tertiary/aromatic N) is 1. The van der Waals surface area contributed by atoms with Crippen molar-refractivity contribution in [3.05, 3.63) is 41.8 Å². The highest BCUT2D eigenvalue weighted by Crippen LogP contribution is 2.23. The van der Waals surface area contributed by atoms with E-state index in [1.165, 1.54) is 18.3 Å². The van der Waals surface area contributed by atoms with E-state index in [0.717, 1.165) is 0 Å². The van der Waals surface area contributed by atoms with E-state index in [4.69, 9.17) is 9.63 Å².